The molecule has 0 saturated carbocycles. The van der Waals surface area contributed by atoms with Gasteiger partial charge >= 0.3 is 0 Å². The molecule has 1 saturated heterocycles. The molecule has 1 N–H and O–H groups in total. The summed E-state index contributed by atoms with van der Waals surface area (Å²) in [5, 5.41) is 11.7. The Hall–Kier alpha value is -1.90. The van der Waals surface area contributed by atoms with E-state index in [9.17, 15) is 4.79 Å². The predicted molar refractivity (Wildman–Crippen MR) is 79.7 cm³/mol. The van der Waals surface area contributed by atoms with Gasteiger partial charge < -0.3 is 10.1 Å². The number of amides is 1. The molecule has 1 aromatic rings. The Labute approximate surface area is 125 Å². The highest BCUT2D eigenvalue weighted by Crippen LogP contribution is 2.04. The van der Waals surface area contributed by atoms with Gasteiger partial charge in [-0.05, 0) is 30.7 Å². The van der Waals surface area contributed by atoms with E-state index in [4.69, 9.17) is 10.00 Å². The Morgan fingerprint density at radius 3 is 2.67 bits per heavy atom. The number of carbonyl (C=O) groups is 1. The topological polar surface area (TPSA) is 65.4 Å². The van der Waals surface area contributed by atoms with E-state index in [-0.39, 0.29) is 5.91 Å². The molecule has 0 aromatic heterocycles. The van der Waals surface area contributed by atoms with E-state index in [1.54, 1.807) is 12.1 Å². The van der Waals surface area contributed by atoms with Crippen LogP contribution < -0.4 is 5.32 Å². The van der Waals surface area contributed by atoms with E-state index in [0.29, 0.717) is 18.5 Å². The lowest BCUT2D eigenvalue weighted by atomic mass is 10.1. The number of carbonyl (C=O) groups excluding carboxylic acids is 1. The van der Waals surface area contributed by atoms with Crippen LogP contribution in [0.1, 0.15) is 17.5 Å². The monoisotopic (exact) mass is 287 g/mol. The van der Waals surface area contributed by atoms with Gasteiger partial charge in [0.05, 0.1) is 31.3 Å². The Morgan fingerprint density at radius 1 is 1.29 bits per heavy atom. The van der Waals surface area contributed by atoms with Crippen LogP contribution in [0.15, 0.2) is 24.3 Å². The standard InChI is InChI=1S/C16H21N3O2/c17-13-15-4-2-14(3-5-15)12-16(20)18-6-1-7-19-8-10-21-11-9-19/h2-5H,1,6-12H2,(H,18,20). The second-order valence-corrected chi connectivity index (χ2v) is 5.14. The minimum absolute atomic E-state index is 0.0293. The van der Waals surface area contributed by atoms with Crippen molar-refractivity contribution in [3.05, 3.63) is 35.4 Å². The summed E-state index contributed by atoms with van der Waals surface area (Å²) in [4.78, 5) is 14.2. The van der Waals surface area contributed by atoms with E-state index < -0.39 is 0 Å². The second kappa shape index (κ2) is 8.40. The highest BCUT2D eigenvalue weighted by molar-refractivity contribution is 5.78. The molecule has 1 aromatic carbocycles. The molecule has 0 aliphatic carbocycles. The van der Waals surface area contributed by atoms with Crippen molar-refractivity contribution in [3.63, 3.8) is 0 Å². The van der Waals surface area contributed by atoms with Crippen LogP contribution >= 0.6 is 0 Å². The van der Waals surface area contributed by atoms with Crippen LogP contribution in [0.5, 0.6) is 0 Å². The normalized spacial score (nSPS) is 15.4. The van der Waals surface area contributed by atoms with Crippen molar-refractivity contribution in [2.75, 3.05) is 39.4 Å². The summed E-state index contributed by atoms with van der Waals surface area (Å²) in [5.41, 5.74) is 1.55. The summed E-state index contributed by atoms with van der Waals surface area (Å²) >= 11 is 0. The van der Waals surface area contributed by atoms with Crippen molar-refractivity contribution in [3.8, 4) is 6.07 Å². The molecule has 1 fully saturated rings. The van der Waals surface area contributed by atoms with Gasteiger partial charge in [-0.25, -0.2) is 0 Å². The fourth-order valence-electron chi connectivity index (χ4n) is 2.30. The number of hydrogen-bond acceptors (Lipinski definition) is 4. The summed E-state index contributed by atoms with van der Waals surface area (Å²) in [6, 6.07) is 9.19. The van der Waals surface area contributed by atoms with Gasteiger partial charge in [0, 0.05) is 19.6 Å². The van der Waals surface area contributed by atoms with E-state index in [1.807, 2.05) is 12.1 Å². The maximum absolute atomic E-state index is 11.8. The zero-order valence-corrected chi connectivity index (χ0v) is 12.2. The third-order valence-corrected chi connectivity index (χ3v) is 3.52. The van der Waals surface area contributed by atoms with E-state index >= 15 is 0 Å². The predicted octanol–water partition coefficient (Wildman–Crippen LogP) is 0.939. The van der Waals surface area contributed by atoms with Crippen molar-refractivity contribution >= 4 is 5.91 Å². The van der Waals surface area contributed by atoms with Crippen LogP contribution in [-0.4, -0.2) is 50.2 Å². The molecule has 0 atom stereocenters. The van der Waals surface area contributed by atoms with Crippen molar-refractivity contribution in [1.82, 2.24) is 10.2 Å². The molecule has 0 radical (unpaired) electrons. The van der Waals surface area contributed by atoms with Gasteiger partial charge in [0.1, 0.15) is 0 Å². The average molecular weight is 287 g/mol. The first-order valence-corrected chi connectivity index (χ1v) is 7.34. The molecule has 2 rings (SSSR count). The Balaban J connectivity index is 1.61. The molecule has 112 valence electrons. The highest BCUT2D eigenvalue weighted by atomic mass is 16.5. The number of benzene rings is 1. The molecule has 1 heterocycles. The fraction of sp³-hybridized carbons (Fsp3) is 0.500. The van der Waals surface area contributed by atoms with Gasteiger partial charge in [0.15, 0.2) is 0 Å². The fourth-order valence-corrected chi connectivity index (χ4v) is 2.30. The third-order valence-electron chi connectivity index (χ3n) is 3.52. The summed E-state index contributed by atoms with van der Waals surface area (Å²) in [6.45, 7) is 5.29. The van der Waals surface area contributed by atoms with Gasteiger partial charge in [-0.1, -0.05) is 12.1 Å². The maximum atomic E-state index is 11.8. The first kappa shape index (κ1) is 15.5. The van der Waals surface area contributed by atoms with Crippen LogP contribution in [0.3, 0.4) is 0 Å². The molecule has 5 heteroatoms. The number of nitrogens with zero attached hydrogens (tertiary/aromatic N) is 2. The zero-order chi connectivity index (χ0) is 14.9. The number of hydrogen-bond donors (Lipinski definition) is 1. The smallest absolute Gasteiger partial charge is 0.224 e. The average Bonchev–Trinajstić information content (AvgIpc) is 2.53. The Morgan fingerprint density at radius 2 is 2.00 bits per heavy atom. The van der Waals surface area contributed by atoms with Crippen LogP contribution in [-0.2, 0) is 16.0 Å². The number of nitrogens with one attached hydrogen (secondary N) is 1. The SMILES string of the molecule is N#Cc1ccc(CC(=O)NCCCN2CCOCC2)cc1. The van der Waals surface area contributed by atoms with Gasteiger partial charge in [-0.3, -0.25) is 9.69 Å². The molecule has 1 amide bonds. The van der Waals surface area contributed by atoms with Crippen molar-refractivity contribution < 1.29 is 9.53 Å². The van der Waals surface area contributed by atoms with E-state index in [2.05, 4.69) is 16.3 Å². The van der Waals surface area contributed by atoms with Crippen molar-refractivity contribution in [2.24, 2.45) is 0 Å². The summed E-state index contributed by atoms with van der Waals surface area (Å²) in [6.07, 6.45) is 1.32. The van der Waals surface area contributed by atoms with Gasteiger partial charge in [-0.15, -0.1) is 0 Å². The second-order valence-electron chi connectivity index (χ2n) is 5.14. The molecule has 0 spiro atoms. The van der Waals surface area contributed by atoms with E-state index in [0.717, 1.165) is 44.8 Å². The van der Waals surface area contributed by atoms with Crippen LogP contribution in [0, 0.1) is 11.3 Å². The molecule has 5 nitrogen and oxygen atoms in total. The summed E-state index contributed by atoms with van der Waals surface area (Å²) in [5.74, 6) is 0.0293. The number of ether oxygens (including phenoxy) is 1. The van der Waals surface area contributed by atoms with Gasteiger partial charge in [-0.2, -0.15) is 5.26 Å². The van der Waals surface area contributed by atoms with Crippen LogP contribution in [0.4, 0.5) is 0 Å². The highest BCUT2D eigenvalue weighted by Gasteiger charge is 2.09. The lowest BCUT2D eigenvalue weighted by molar-refractivity contribution is -0.120. The number of nitriles is 1. The van der Waals surface area contributed by atoms with Crippen LogP contribution in [0.2, 0.25) is 0 Å². The minimum Gasteiger partial charge on any atom is -0.379 e. The number of morpholine rings is 1. The molecule has 21 heavy (non-hydrogen) atoms. The van der Waals surface area contributed by atoms with Gasteiger partial charge in [0.2, 0.25) is 5.91 Å². The van der Waals surface area contributed by atoms with Crippen LogP contribution in [0.25, 0.3) is 0 Å². The molecular weight excluding hydrogens is 266 g/mol. The lowest BCUT2D eigenvalue weighted by Gasteiger charge is -2.26. The molecular formula is C16H21N3O2. The molecule has 0 unspecified atom stereocenters. The number of rotatable bonds is 6. The van der Waals surface area contributed by atoms with Gasteiger partial charge in [0.25, 0.3) is 0 Å². The quantitative estimate of drug-likeness (QED) is 0.791. The third kappa shape index (κ3) is 5.54. The maximum Gasteiger partial charge on any atom is 0.224 e. The summed E-state index contributed by atoms with van der Waals surface area (Å²) in [7, 11) is 0. The summed E-state index contributed by atoms with van der Waals surface area (Å²) < 4.78 is 5.30. The molecule has 0 bridgehead atoms. The molecule has 1 aliphatic rings. The first-order chi connectivity index (χ1) is 10.3. The van der Waals surface area contributed by atoms with Crippen molar-refractivity contribution in [1.29, 1.82) is 5.26 Å². The zero-order valence-electron chi connectivity index (χ0n) is 12.2. The largest absolute Gasteiger partial charge is 0.379 e. The first-order valence-electron chi connectivity index (χ1n) is 7.34. The Bertz CT molecular complexity index is 487. The minimum atomic E-state index is 0.0293. The Kier molecular flexibility index (Phi) is 6.20. The van der Waals surface area contributed by atoms with Crippen molar-refractivity contribution in [2.45, 2.75) is 12.8 Å². The molecule has 1 aliphatic heterocycles. The lowest BCUT2D eigenvalue weighted by Crippen LogP contribution is -2.38. The van der Waals surface area contributed by atoms with E-state index in [1.165, 1.54) is 0 Å².